The highest BCUT2D eigenvalue weighted by Crippen LogP contribution is 1.76. The van der Waals surface area contributed by atoms with Crippen molar-refractivity contribution in [2.45, 2.75) is 26.0 Å². The number of hydrogen-bond donors (Lipinski definition) is 5. The summed E-state index contributed by atoms with van der Waals surface area (Å²) in [5, 5.41) is 19.7. The molecule has 5 N–H and O–H groups in total. The SMILES string of the molecule is CC(C)NNC(=O)NC[C@H](O)CO. The van der Waals surface area contributed by atoms with Crippen LogP contribution in [-0.2, 0) is 0 Å². The molecule has 78 valence electrons. The van der Waals surface area contributed by atoms with Gasteiger partial charge in [0.25, 0.3) is 0 Å². The molecule has 6 nitrogen and oxygen atoms in total. The van der Waals surface area contributed by atoms with Crippen LogP contribution in [0, 0.1) is 0 Å². The Balaban J connectivity index is 3.40. The van der Waals surface area contributed by atoms with Gasteiger partial charge in [-0.2, -0.15) is 0 Å². The van der Waals surface area contributed by atoms with Crippen molar-refractivity contribution in [3.05, 3.63) is 0 Å². The number of carbonyl (C=O) groups is 1. The topological polar surface area (TPSA) is 93.6 Å². The van der Waals surface area contributed by atoms with Crippen LogP contribution in [0.3, 0.4) is 0 Å². The van der Waals surface area contributed by atoms with Crippen LogP contribution in [0.4, 0.5) is 4.79 Å². The lowest BCUT2D eigenvalue weighted by Crippen LogP contribution is -2.48. The largest absolute Gasteiger partial charge is 0.394 e. The zero-order valence-electron chi connectivity index (χ0n) is 7.87. The number of hydrazine groups is 1. The first-order valence-corrected chi connectivity index (χ1v) is 4.14. The van der Waals surface area contributed by atoms with Gasteiger partial charge in [-0.25, -0.2) is 10.2 Å². The van der Waals surface area contributed by atoms with Crippen LogP contribution in [-0.4, -0.2) is 41.5 Å². The molecule has 2 amide bonds. The maximum absolute atomic E-state index is 10.9. The number of aliphatic hydroxyl groups is 2. The Morgan fingerprint density at radius 3 is 2.54 bits per heavy atom. The standard InChI is InChI=1S/C7H17N3O3/c1-5(2)9-10-7(13)8-3-6(12)4-11/h5-6,9,11-12H,3-4H2,1-2H3,(H2,8,10,13)/t6-/m0/s1. The lowest BCUT2D eigenvalue weighted by atomic mass is 10.4. The molecule has 0 heterocycles. The summed E-state index contributed by atoms with van der Waals surface area (Å²) in [6.45, 7) is 3.42. The highest BCUT2D eigenvalue weighted by atomic mass is 16.3. The Labute approximate surface area is 77.3 Å². The van der Waals surface area contributed by atoms with Gasteiger partial charge in [0.2, 0.25) is 0 Å². The molecule has 0 unspecified atom stereocenters. The van der Waals surface area contributed by atoms with E-state index in [2.05, 4.69) is 16.2 Å². The molecule has 0 aromatic carbocycles. The zero-order valence-corrected chi connectivity index (χ0v) is 7.87. The zero-order chi connectivity index (χ0) is 10.3. The summed E-state index contributed by atoms with van der Waals surface area (Å²) in [6.07, 6.45) is -0.912. The van der Waals surface area contributed by atoms with Gasteiger partial charge < -0.3 is 15.5 Å². The minimum absolute atomic E-state index is 0.0299. The van der Waals surface area contributed by atoms with Crippen molar-refractivity contribution in [3.8, 4) is 0 Å². The maximum Gasteiger partial charge on any atom is 0.329 e. The van der Waals surface area contributed by atoms with E-state index < -0.39 is 12.1 Å². The molecular formula is C7H17N3O3. The van der Waals surface area contributed by atoms with Crippen molar-refractivity contribution in [3.63, 3.8) is 0 Å². The van der Waals surface area contributed by atoms with Gasteiger partial charge in [0.1, 0.15) is 0 Å². The number of nitrogens with one attached hydrogen (secondary N) is 3. The van der Waals surface area contributed by atoms with Crippen molar-refractivity contribution >= 4 is 6.03 Å². The molecule has 0 spiro atoms. The molecule has 0 aliphatic carbocycles. The van der Waals surface area contributed by atoms with Crippen LogP contribution < -0.4 is 16.2 Å². The van der Waals surface area contributed by atoms with Crippen LogP contribution in [0.15, 0.2) is 0 Å². The van der Waals surface area contributed by atoms with Gasteiger partial charge in [-0.1, -0.05) is 0 Å². The summed E-state index contributed by atoms with van der Waals surface area (Å²) in [4.78, 5) is 10.9. The highest BCUT2D eigenvalue weighted by molar-refractivity contribution is 5.73. The molecule has 0 saturated carbocycles. The Morgan fingerprint density at radius 2 is 2.08 bits per heavy atom. The minimum atomic E-state index is -0.912. The molecule has 0 fully saturated rings. The highest BCUT2D eigenvalue weighted by Gasteiger charge is 2.04. The van der Waals surface area contributed by atoms with Crippen LogP contribution in [0.5, 0.6) is 0 Å². The number of urea groups is 1. The molecule has 0 aliphatic heterocycles. The summed E-state index contributed by atoms with van der Waals surface area (Å²) < 4.78 is 0. The first kappa shape index (κ1) is 12.2. The summed E-state index contributed by atoms with van der Waals surface area (Å²) in [5.74, 6) is 0. The van der Waals surface area contributed by atoms with E-state index in [9.17, 15) is 4.79 Å². The fourth-order valence-corrected chi connectivity index (χ4v) is 0.529. The summed E-state index contributed by atoms with van der Waals surface area (Å²) in [5.41, 5.74) is 5.05. The molecule has 0 saturated heterocycles. The Bertz CT molecular complexity index is 152. The predicted molar refractivity (Wildman–Crippen MR) is 47.9 cm³/mol. The van der Waals surface area contributed by atoms with Gasteiger partial charge in [0.05, 0.1) is 12.7 Å². The van der Waals surface area contributed by atoms with Gasteiger partial charge >= 0.3 is 6.03 Å². The molecule has 0 bridgehead atoms. The van der Waals surface area contributed by atoms with Crippen molar-refractivity contribution in [1.82, 2.24) is 16.2 Å². The van der Waals surface area contributed by atoms with Crippen molar-refractivity contribution in [1.29, 1.82) is 0 Å². The number of amides is 2. The van der Waals surface area contributed by atoms with Crippen LogP contribution in [0.1, 0.15) is 13.8 Å². The molecule has 0 aromatic heterocycles. The lowest BCUT2D eigenvalue weighted by molar-refractivity contribution is 0.0957. The van der Waals surface area contributed by atoms with Crippen molar-refractivity contribution in [2.75, 3.05) is 13.2 Å². The minimum Gasteiger partial charge on any atom is -0.394 e. The lowest BCUT2D eigenvalue weighted by Gasteiger charge is -2.12. The third-order valence-corrected chi connectivity index (χ3v) is 1.18. The second kappa shape index (κ2) is 6.64. The average molecular weight is 191 g/mol. The van der Waals surface area contributed by atoms with Crippen LogP contribution in [0.2, 0.25) is 0 Å². The molecule has 6 heteroatoms. The van der Waals surface area contributed by atoms with Gasteiger partial charge in [0, 0.05) is 12.6 Å². The third kappa shape index (κ3) is 7.51. The second-order valence-electron chi connectivity index (χ2n) is 2.97. The number of carbonyl (C=O) groups excluding carboxylic acids is 1. The van der Waals surface area contributed by atoms with Crippen molar-refractivity contribution < 1.29 is 15.0 Å². The molecule has 13 heavy (non-hydrogen) atoms. The fourth-order valence-electron chi connectivity index (χ4n) is 0.529. The van der Waals surface area contributed by atoms with Gasteiger partial charge in [0.15, 0.2) is 0 Å². The fraction of sp³-hybridized carbons (Fsp3) is 0.857. The smallest absolute Gasteiger partial charge is 0.329 e. The van der Waals surface area contributed by atoms with Crippen LogP contribution >= 0.6 is 0 Å². The molecule has 1 atom stereocenters. The van der Waals surface area contributed by atoms with E-state index in [-0.39, 0.29) is 19.2 Å². The third-order valence-electron chi connectivity index (χ3n) is 1.18. The molecular weight excluding hydrogens is 174 g/mol. The quantitative estimate of drug-likeness (QED) is 0.344. The van der Waals surface area contributed by atoms with E-state index in [1.54, 1.807) is 0 Å². The van der Waals surface area contributed by atoms with E-state index in [0.717, 1.165) is 0 Å². The van der Waals surface area contributed by atoms with E-state index in [1.165, 1.54) is 0 Å². The molecule has 0 aliphatic rings. The first-order chi connectivity index (χ1) is 6.06. The maximum atomic E-state index is 10.9. The first-order valence-electron chi connectivity index (χ1n) is 4.14. The number of hydrogen-bond acceptors (Lipinski definition) is 4. The Hall–Kier alpha value is -0.850. The van der Waals surface area contributed by atoms with Gasteiger partial charge in [-0.3, -0.25) is 5.43 Å². The molecule has 0 rings (SSSR count). The van der Waals surface area contributed by atoms with E-state index in [0.29, 0.717) is 0 Å². The summed E-state index contributed by atoms with van der Waals surface area (Å²) >= 11 is 0. The second-order valence-corrected chi connectivity index (χ2v) is 2.97. The Kier molecular flexibility index (Phi) is 6.21. The van der Waals surface area contributed by atoms with E-state index in [1.807, 2.05) is 13.8 Å². The predicted octanol–water partition coefficient (Wildman–Crippen LogP) is -1.45. The summed E-state index contributed by atoms with van der Waals surface area (Å²) in [7, 11) is 0. The normalized spacial score (nSPS) is 12.7. The average Bonchev–Trinajstić information content (AvgIpc) is 2.10. The molecule has 0 aromatic rings. The van der Waals surface area contributed by atoms with Crippen molar-refractivity contribution in [2.24, 2.45) is 0 Å². The van der Waals surface area contributed by atoms with Crippen LogP contribution in [0.25, 0.3) is 0 Å². The van der Waals surface area contributed by atoms with E-state index in [4.69, 9.17) is 10.2 Å². The summed E-state index contributed by atoms with van der Waals surface area (Å²) in [6, 6.07) is -0.283. The van der Waals surface area contributed by atoms with Gasteiger partial charge in [-0.05, 0) is 13.8 Å². The van der Waals surface area contributed by atoms with Gasteiger partial charge in [-0.15, -0.1) is 0 Å². The molecule has 0 radical (unpaired) electrons. The van der Waals surface area contributed by atoms with E-state index >= 15 is 0 Å². The number of aliphatic hydroxyl groups excluding tert-OH is 2. The Morgan fingerprint density at radius 1 is 1.46 bits per heavy atom. The number of rotatable bonds is 5. The monoisotopic (exact) mass is 191 g/mol.